The van der Waals surface area contributed by atoms with Crippen LogP contribution in [0.4, 0.5) is 32.8 Å². The van der Waals surface area contributed by atoms with Crippen molar-refractivity contribution in [2.75, 3.05) is 67.8 Å². The second-order valence-corrected chi connectivity index (χ2v) is 26.3. The molecule has 3 aromatic carbocycles. The van der Waals surface area contributed by atoms with Gasteiger partial charge in [0.1, 0.15) is 29.7 Å². The smallest absolute Gasteiger partial charge is 0.470 e. The Kier molecular flexibility index (Phi) is 14.2. The number of hydrogen-bond donors (Lipinski definition) is 5. The van der Waals surface area contributed by atoms with E-state index in [0.29, 0.717) is 54.5 Å². The van der Waals surface area contributed by atoms with E-state index in [9.17, 15) is 37.7 Å². The lowest BCUT2D eigenvalue weighted by Crippen LogP contribution is -2.56. The van der Waals surface area contributed by atoms with Crippen molar-refractivity contribution in [2.24, 2.45) is 5.41 Å². The van der Waals surface area contributed by atoms with Crippen LogP contribution in [0.5, 0.6) is 11.6 Å². The third-order valence-electron chi connectivity index (χ3n) is 18.1. The van der Waals surface area contributed by atoms with Gasteiger partial charge >= 0.3 is 7.82 Å². The van der Waals surface area contributed by atoms with Crippen LogP contribution in [0.15, 0.2) is 77.8 Å². The summed E-state index contributed by atoms with van der Waals surface area (Å²) in [5, 5.41) is 16.3. The summed E-state index contributed by atoms with van der Waals surface area (Å²) in [6.07, 6.45) is 6.42. The molecule has 0 radical (unpaired) electrons. The summed E-state index contributed by atoms with van der Waals surface area (Å²) in [6, 6.07) is 19.0. The highest BCUT2D eigenvalue weighted by Crippen LogP contribution is 2.55. The maximum Gasteiger partial charge on any atom is 0.470 e. The molecular weight excluding hydrogens is 1070 g/mol. The Hall–Kier alpha value is -5.91. The van der Waals surface area contributed by atoms with Gasteiger partial charge in [0.2, 0.25) is 5.88 Å². The molecule has 1 spiro atoms. The van der Waals surface area contributed by atoms with E-state index in [1.54, 1.807) is 12.3 Å². The molecule has 1 amide bonds. The summed E-state index contributed by atoms with van der Waals surface area (Å²) in [6.45, 7) is 10.3. The van der Waals surface area contributed by atoms with Gasteiger partial charge in [-0.2, -0.15) is 4.98 Å². The summed E-state index contributed by atoms with van der Waals surface area (Å²) in [5.41, 5.74) is 1.08. The summed E-state index contributed by atoms with van der Waals surface area (Å²) >= 11 is 0. The van der Waals surface area contributed by atoms with Gasteiger partial charge in [0.25, 0.3) is 21.6 Å². The first-order valence-electron chi connectivity index (χ1n) is 27.8. The van der Waals surface area contributed by atoms with Gasteiger partial charge in [0.15, 0.2) is 11.4 Å². The van der Waals surface area contributed by atoms with E-state index >= 15 is 4.39 Å². The van der Waals surface area contributed by atoms with E-state index in [4.69, 9.17) is 28.5 Å². The molecule has 2 aromatic heterocycles. The first-order valence-corrected chi connectivity index (χ1v) is 30.8. The summed E-state index contributed by atoms with van der Waals surface area (Å²) in [5.74, 6) is -0.517. The molecule has 0 unspecified atom stereocenters. The minimum atomic E-state index is -4.87. The molecular formula is C56H68FN8O13PS. The normalized spacial score (nSPS) is 27.2. The first-order chi connectivity index (χ1) is 38.2. The molecule has 5 fully saturated rings. The maximum atomic E-state index is 16.6. The monoisotopic (exact) mass is 1140 g/mol. The number of nitro benzene ring substituents is 1. The molecule has 7 heterocycles. The maximum absolute atomic E-state index is 16.6. The summed E-state index contributed by atoms with van der Waals surface area (Å²) < 4.78 is 88.9. The Labute approximate surface area is 463 Å². The number of hydrogen-bond acceptors (Lipinski definition) is 16. The minimum absolute atomic E-state index is 0.0196. The zero-order valence-corrected chi connectivity index (χ0v) is 46.7. The minimum Gasteiger partial charge on any atom is -0.489 e. The van der Waals surface area contributed by atoms with Crippen LogP contribution in [0.1, 0.15) is 118 Å². The van der Waals surface area contributed by atoms with Crippen molar-refractivity contribution < 1.29 is 60.3 Å². The Morgan fingerprint density at radius 3 is 2.48 bits per heavy atom. The number of carbonyl (C=O) groups is 1. The molecule has 24 heteroatoms. The molecule has 5 N–H and O–H groups in total. The number of halogens is 1. The van der Waals surface area contributed by atoms with Crippen LogP contribution >= 0.6 is 7.82 Å². The number of rotatable bonds is 12. The predicted octanol–water partition coefficient (Wildman–Crippen LogP) is 8.94. The fourth-order valence-electron chi connectivity index (χ4n) is 13.7. The van der Waals surface area contributed by atoms with Crippen molar-refractivity contribution in [3.63, 3.8) is 0 Å². The molecule has 80 heavy (non-hydrogen) atoms. The molecule has 0 bridgehead atoms. The number of anilines is 4. The average molecular weight is 1140 g/mol. The molecule has 7 aliphatic rings. The molecule has 12 rings (SSSR count). The number of alkyl halides is 1. The topological polar surface area (TPSA) is 260 Å². The number of fused-ring (bicyclic) bond motifs is 4. The molecule has 2 saturated carbocycles. The van der Waals surface area contributed by atoms with Gasteiger partial charge in [-0.05, 0) is 124 Å². The van der Waals surface area contributed by atoms with Gasteiger partial charge in [-0.25, -0.2) is 22.1 Å². The van der Waals surface area contributed by atoms with Crippen LogP contribution in [0, 0.1) is 15.5 Å². The Balaban J connectivity index is 0.819. The molecule has 3 saturated heterocycles. The highest BCUT2D eigenvalue weighted by Gasteiger charge is 2.52. The fourth-order valence-corrected chi connectivity index (χ4v) is 15.4. The van der Waals surface area contributed by atoms with Gasteiger partial charge in [-0.15, -0.1) is 0 Å². The number of amides is 1. The molecule has 2 aliphatic carbocycles. The second kappa shape index (κ2) is 20.8. The van der Waals surface area contributed by atoms with E-state index in [1.807, 2.05) is 29.2 Å². The molecule has 5 aliphatic heterocycles. The number of H-pyrrole nitrogens is 1. The number of piperidine rings is 1. The van der Waals surface area contributed by atoms with Crippen molar-refractivity contribution in [3.05, 3.63) is 99.7 Å². The summed E-state index contributed by atoms with van der Waals surface area (Å²) in [4.78, 5) is 60.0. The highest BCUT2D eigenvalue weighted by molar-refractivity contribution is 7.90. The lowest BCUT2D eigenvalue weighted by atomic mass is 9.59. The molecule has 21 nitrogen and oxygen atoms in total. The van der Waals surface area contributed by atoms with Gasteiger partial charge in [-0.1, -0.05) is 38.1 Å². The van der Waals surface area contributed by atoms with Crippen LogP contribution < -0.4 is 29.3 Å². The lowest BCUT2D eigenvalue weighted by molar-refractivity contribution is -0.384. The van der Waals surface area contributed by atoms with E-state index in [2.05, 4.69) is 62.9 Å². The number of pyridine rings is 1. The molecule has 5 aromatic rings. The van der Waals surface area contributed by atoms with Crippen molar-refractivity contribution in [1.29, 1.82) is 0 Å². The molecule has 4 atom stereocenters. The third-order valence-corrected chi connectivity index (χ3v) is 20.0. The Morgan fingerprint density at radius 1 is 0.963 bits per heavy atom. The van der Waals surface area contributed by atoms with Crippen LogP contribution in [0.25, 0.3) is 11.0 Å². The fraction of sp³-hybridized carbons (Fsp3) is 0.536. The van der Waals surface area contributed by atoms with E-state index in [1.165, 1.54) is 18.1 Å². The number of sulfonamides is 1. The number of nitrogens with one attached hydrogen (secondary N) is 3. The SMILES string of the molecule is CC(C)c1ccccc1[C@@H]1COCCCN1C1CC2(CCN(c3ccc(C(=O)NS(=O)(=O)c4cc5c(c([N+](=O)[O-])c4)N[C@H](C4(F)CCC(C)(OP(=O)(O)O)CC4)CO5)c(N4c5cc6cc[nH]c6nc5O[C@H]5COCC[C@@H]54)c3)CC2)C1. The van der Waals surface area contributed by atoms with E-state index in [0.717, 1.165) is 81.6 Å². The Morgan fingerprint density at radius 2 is 1.73 bits per heavy atom. The zero-order chi connectivity index (χ0) is 55.9. The number of phosphoric ester groups is 1. The number of phosphoric acid groups is 1. The first kappa shape index (κ1) is 54.7. The number of benzene rings is 3. The van der Waals surface area contributed by atoms with Crippen LogP contribution in [-0.4, -0.2) is 132 Å². The predicted molar refractivity (Wildman–Crippen MR) is 295 cm³/mol. The quantitative estimate of drug-likeness (QED) is 0.0443. The largest absolute Gasteiger partial charge is 0.489 e. The number of ether oxygens (including phenoxy) is 4. The van der Waals surface area contributed by atoms with Crippen molar-refractivity contribution >= 4 is 63.2 Å². The standard InChI is InChI=1S/C56H68FN8O13PS/c1-34(2)39-7-4-5-8-40(39)46-31-74-23-6-20-63(46)37-29-55(30-37)17-21-62(22-18-55)36-9-10-41(43(26-36)64-42-12-24-75-32-48(42)77-53-45(64)25-35-11-19-58-51(35)60-53)52(66)61-80(72,73)38-27-44(65(67)68)50-47(28-38)76-33-49(59-50)56(57)15-13-54(3,14-16-56)78-79(69,70)71/h4-5,7-11,19,25-28,34,37,42,46,48-49,59H,6,12-18,20-24,29-33H2,1-3H3,(H,58,60)(H,61,66)(H2,69,70,71)/t42-,46-,48-,49-,54?,56?/m0/s1. The van der Waals surface area contributed by atoms with Crippen LogP contribution in [0.2, 0.25) is 0 Å². The second-order valence-electron chi connectivity index (χ2n) is 23.5. The molecule has 428 valence electrons. The summed E-state index contributed by atoms with van der Waals surface area (Å²) in [7, 11) is -9.74. The van der Waals surface area contributed by atoms with Crippen molar-refractivity contribution in [2.45, 2.75) is 137 Å². The Bertz CT molecular complexity index is 3370. The number of aromatic amines is 1. The van der Waals surface area contributed by atoms with Gasteiger partial charge < -0.3 is 48.8 Å². The third kappa shape index (κ3) is 10.4. The number of nitro groups is 1. The lowest BCUT2D eigenvalue weighted by Gasteiger charge is -2.56. The number of carbonyl (C=O) groups excluding carboxylic acids is 1. The zero-order valence-electron chi connectivity index (χ0n) is 45.0. The van der Waals surface area contributed by atoms with E-state index in [-0.39, 0.29) is 73.4 Å². The van der Waals surface area contributed by atoms with Gasteiger partial charge in [0, 0.05) is 68.3 Å². The van der Waals surface area contributed by atoms with Gasteiger partial charge in [-0.3, -0.25) is 24.3 Å². The van der Waals surface area contributed by atoms with Crippen LogP contribution in [-0.2, 0) is 28.6 Å². The van der Waals surface area contributed by atoms with E-state index < -0.39 is 62.7 Å². The van der Waals surface area contributed by atoms with Crippen LogP contribution in [0.3, 0.4) is 0 Å². The number of aromatic nitrogens is 2. The average Bonchev–Trinajstić information content (AvgIpc) is 3.82. The number of nitrogens with zero attached hydrogens (tertiary/aromatic N) is 5. The van der Waals surface area contributed by atoms with Crippen molar-refractivity contribution in [3.8, 4) is 11.6 Å². The van der Waals surface area contributed by atoms with Gasteiger partial charge in [0.05, 0.1) is 58.0 Å². The van der Waals surface area contributed by atoms with Crippen molar-refractivity contribution in [1.82, 2.24) is 19.6 Å². The highest BCUT2D eigenvalue weighted by atomic mass is 32.2.